The van der Waals surface area contributed by atoms with Crippen molar-refractivity contribution in [3.8, 4) is 11.4 Å². The number of nitrogens with zero attached hydrogens (tertiary/aromatic N) is 2. The van der Waals surface area contributed by atoms with Crippen LogP contribution in [0.15, 0.2) is 48.5 Å². The third-order valence-electron chi connectivity index (χ3n) is 3.79. The van der Waals surface area contributed by atoms with E-state index < -0.39 is 0 Å². The Labute approximate surface area is 141 Å². The van der Waals surface area contributed by atoms with Crippen molar-refractivity contribution in [3.63, 3.8) is 0 Å². The van der Waals surface area contributed by atoms with Crippen molar-refractivity contribution < 1.29 is 4.79 Å². The number of aromatic amines is 1. The van der Waals surface area contributed by atoms with E-state index >= 15 is 0 Å². The number of hydrogen-bond donors (Lipinski definition) is 2. The monoisotopic (exact) mass is 320 g/mol. The van der Waals surface area contributed by atoms with Crippen LogP contribution in [0.1, 0.15) is 23.9 Å². The van der Waals surface area contributed by atoms with Crippen LogP contribution in [0.3, 0.4) is 0 Å². The molecular weight excluding hydrogens is 300 g/mol. The summed E-state index contributed by atoms with van der Waals surface area (Å²) in [5, 5.41) is 9.87. The van der Waals surface area contributed by atoms with Crippen LogP contribution in [-0.4, -0.2) is 21.1 Å². The molecule has 0 radical (unpaired) electrons. The Morgan fingerprint density at radius 3 is 2.54 bits per heavy atom. The molecular formula is C19H20N4O. The van der Waals surface area contributed by atoms with E-state index in [1.54, 1.807) is 0 Å². The molecule has 1 aromatic heterocycles. The molecule has 1 amide bonds. The Morgan fingerprint density at radius 2 is 1.88 bits per heavy atom. The van der Waals surface area contributed by atoms with Gasteiger partial charge in [-0.1, -0.05) is 31.2 Å². The quantitative estimate of drug-likeness (QED) is 0.755. The van der Waals surface area contributed by atoms with E-state index in [-0.39, 0.29) is 5.91 Å². The van der Waals surface area contributed by atoms with Crippen LogP contribution < -0.4 is 5.32 Å². The summed E-state index contributed by atoms with van der Waals surface area (Å²) >= 11 is 0. The summed E-state index contributed by atoms with van der Waals surface area (Å²) < 4.78 is 0. The molecule has 122 valence electrons. The van der Waals surface area contributed by atoms with E-state index in [2.05, 4.69) is 39.6 Å². The number of amides is 1. The maximum Gasteiger partial charge on any atom is 0.228 e. The zero-order valence-corrected chi connectivity index (χ0v) is 13.8. The highest BCUT2D eigenvalue weighted by Crippen LogP contribution is 2.18. The van der Waals surface area contributed by atoms with Crippen LogP contribution in [0.2, 0.25) is 0 Å². The smallest absolute Gasteiger partial charge is 0.228 e. The van der Waals surface area contributed by atoms with Crippen LogP contribution in [-0.2, 0) is 17.6 Å². The zero-order chi connectivity index (χ0) is 16.9. The number of hydrogen-bond acceptors (Lipinski definition) is 3. The summed E-state index contributed by atoms with van der Waals surface area (Å²) in [4.78, 5) is 16.5. The van der Waals surface area contributed by atoms with Gasteiger partial charge in [-0.05, 0) is 48.7 Å². The first-order valence-electron chi connectivity index (χ1n) is 8.01. The van der Waals surface area contributed by atoms with E-state index in [1.807, 2.05) is 43.3 Å². The molecule has 0 aliphatic heterocycles. The van der Waals surface area contributed by atoms with E-state index in [4.69, 9.17) is 0 Å². The van der Waals surface area contributed by atoms with Gasteiger partial charge in [0.25, 0.3) is 0 Å². The molecule has 1 heterocycles. The van der Waals surface area contributed by atoms with Gasteiger partial charge in [-0.3, -0.25) is 9.89 Å². The van der Waals surface area contributed by atoms with Crippen molar-refractivity contribution in [1.82, 2.24) is 15.2 Å². The van der Waals surface area contributed by atoms with Crippen LogP contribution in [0.25, 0.3) is 11.4 Å². The van der Waals surface area contributed by atoms with Crippen molar-refractivity contribution in [2.75, 3.05) is 5.32 Å². The van der Waals surface area contributed by atoms with Gasteiger partial charge in [0.15, 0.2) is 5.82 Å². The molecule has 24 heavy (non-hydrogen) atoms. The summed E-state index contributed by atoms with van der Waals surface area (Å²) in [6.45, 7) is 3.97. The van der Waals surface area contributed by atoms with Gasteiger partial charge < -0.3 is 5.32 Å². The minimum atomic E-state index is -0.0234. The van der Waals surface area contributed by atoms with Gasteiger partial charge in [0, 0.05) is 11.3 Å². The Kier molecular flexibility index (Phi) is 4.70. The maximum absolute atomic E-state index is 12.2. The lowest BCUT2D eigenvalue weighted by Crippen LogP contribution is -2.14. The van der Waals surface area contributed by atoms with Crippen molar-refractivity contribution in [2.24, 2.45) is 0 Å². The number of aryl methyl sites for hydroxylation is 2. The number of benzene rings is 2. The first kappa shape index (κ1) is 15.9. The van der Waals surface area contributed by atoms with Gasteiger partial charge in [-0.25, -0.2) is 4.98 Å². The summed E-state index contributed by atoms with van der Waals surface area (Å²) in [7, 11) is 0. The fourth-order valence-electron chi connectivity index (χ4n) is 2.52. The van der Waals surface area contributed by atoms with Crippen LogP contribution >= 0.6 is 0 Å². The molecule has 0 unspecified atom stereocenters. The fourth-order valence-corrected chi connectivity index (χ4v) is 2.52. The molecule has 3 rings (SSSR count). The number of carbonyl (C=O) groups excluding carboxylic acids is 1. The number of nitrogens with one attached hydrogen (secondary N) is 2. The number of anilines is 1. The van der Waals surface area contributed by atoms with E-state index in [9.17, 15) is 4.79 Å². The van der Waals surface area contributed by atoms with Crippen molar-refractivity contribution in [3.05, 3.63) is 65.5 Å². The van der Waals surface area contributed by atoms with Crippen molar-refractivity contribution in [2.45, 2.75) is 26.7 Å². The normalized spacial score (nSPS) is 10.6. The third kappa shape index (κ3) is 3.87. The minimum absolute atomic E-state index is 0.0234. The van der Waals surface area contributed by atoms with Crippen LogP contribution in [0.5, 0.6) is 0 Å². The standard InChI is InChI=1S/C19H20N4O/c1-3-14-5-4-6-15(11-14)12-18(24)21-17-9-7-16(8-10-17)19-20-13(2)22-23-19/h4-11H,3,12H2,1-2H3,(H,21,24)(H,20,22,23). The topological polar surface area (TPSA) is 70.7 Å². The third-order valence-corrected chi connectivity index (χ3v) is 3.79. The number of carbonyl (C=O) groups is 1. The molecule has 2 aromatic carbocycles. The molecule has 5 heteroatoms. The van der Waals surface area contributed by atoms with E-state index in [1.165, 1.54) is 5.56 Å². The first-order chi connectivity index (χ1) is 11.6. The number of aromatic nitrogens is 3. The predicted octanol–water partition coefficient (Wildman–Crippen LogP) is 3.52. The molecule has 0 atom stereocenters. The van der Waals surface area contributed by atoms with Gasteiger partial charge in [-0.2, -0.15) is 5.10 Å². The van der Waals surface area contributed by atoms with Crippen molar-refractivity contribution >= 4 is 11.6 Å². The molecule has 2 N–H and O–H groups in total. The lowest BCUT2D eigenvalue weighted by atomic mass is 10.1. The highest BCUT2D eigenvalue weighted by Gasteiger charge is 2.07. The number of H-pyrrole nitrogens is 1. The summed E-state index contributed by atoms with van der Waals surface area (Å²) in [5.41, 5.74) is 3.95. The Balaban J connectivity index is 1.64. The van der Waals surface area contributed by atoms with E-state index in [0.717, 1.165) is 29.1 Å². The zero-order valence-electron chi connectivity index (χ0n) is 13.8. The molecule has 0 spiro atoms. The van der Waals surface area contributed by atoms with Gasteiger partial charge in [0.05, 0.1) is 6.42 Å². The lowest BCUT2D eigenvalue weighted by Gasteiger charge is -2.07. The second-order valence-corrected chi connectivity index (χ2v) is 5.72. The Bertz CT molecular complexity index is 837. The Hall–Kier alpha value is -2.95. The highest BCUT2D eigenvalue weighted by atomic mass is 16.1. The highest BCUT2D eigenvalue weighted by molar-refractivity contribution is 5.92. The van der Waals surface area contributed by atoms with E-state index in [0.29, 0.717) is 12.2 Å². The lowest BCUT2D eigenvalue weighted by molar-refractivity contribution is -0.115. The van der Waals surface area contributed by atoms with Crippen molar-refractivity contribution in [1.29, 1.82) is 0 Å². The SMILES string of the molecule is CCc1cccc(CC(=O)Nc2ccc(-c3n[nH]c(C)n3)cc2)c1. The molecule has 0 saturated carbocycles. The van der Waals surface area contributed by atoms with Crippen LogP contribution in [0.4, 0.5) is 5.69 Å². The van der Waals surface area contributed by atoms with Gasteiger partial charge in [0.2, 0.25) is 5.91 Å². The molecule has 0 aliphatic rings. The second kappa shape index (κ2) is 7.08. The van der Waals surface area contributed by atoms with Crippen LogP contribution in [0, 0.1) is 6.92 Å². The minimum Gasteiger partial charge on any atom is -0.326 e. The molecule has 3 aromatic rings. The molecule has 5 nitrogen and oxygen atoms in total. The van der Waals surface area contributed by atoms with Gasteiger partial charge in [0.1, 0.15) is 5.82 Å². The van der Waals surface area contributed by atoms with Gasteiger partial charge >= 0.3 is 0 Å². The maximum atomic E-state index is 12.2. The molecule has 0 fully saturated rings. The molecule has 0 aliphatic carbocycles. The molecule has 0 bridgehead atoms. The summed E-state index contributed by atoms with van der Waals surface area (Å²) in [6, 6.07) is 15.6. The average molecular weight is 320 g/mol. The largest absolute Gasteiger partial charge is 0.326 e. The average Bonchev–Trinajstić information content (AvgIpc) is 3.02. The molecule has 0 saturated heterocycles. The Morgan fingerprint density at radius 1 is 1.12 bits per heavy atom. The summed E-state index contributed by atoms with van der Waals surface area (Å²) in [5.74, 6) is 1.41. The fraction of sp³-hybridized carbons (Fsp3) is 0.211. The van der Waals surface area contributed by atoms with Gasteiger partial charge in [-0.15, -0.1) is 0 Å². The number of rotatable bonds is 5. The first-order valence-corrected chi connectivity index (χ1v) is 8.01. The second-order valence-electron chi connectivity index (χ2n) is 5.72. The predicted molar refractivity (Wildman–Crippen MR) is 94.7 cm³/mol. The summed E-state index contributed by atoms with van der Waals surface area (Å²) in [6.07, 6.45) is 1.34.